The van der Waals surface area contributed by atoms with Crippen LogP contribution in [0.5, 0.6) is 0 Å². The standard InChI is InChI=1S/C21H30N3O/c1-15(2)18-17(16-11-9-8-10-12-16)13-22-24(18,20(3,4)5)19-23-21(6,7)14-25-19/h8-13,15H,14H2,1-7H3/q+1. The number of rotatable bonds is 2. The molecule has 0 saturated carbocycles. The lowest BCUT2D eigenvalue weighted by molar-refractivity contribution is -0.867. The molecule has 4 nitrogen and oxygen atoms in total. The first kappa shape index (κ1) is 17.9. The van der Waals surface area contributed by atoms with Crippen LogP contribution in [0, 0.1) is 5.92 Å². The molecule has 25 heavy (non-hydrogen) atoms. The van der Waals surface area contributed by atoms with Crippen LogP contribution in [-0.4, -0.2) is 34.5 Å². The Bertz CT molecular complexity index is 751. The molecule has 0 saturated heterocycles. The van der Waals surface area contributed by atoms with E-state index in [2.05, 4.69) is 72.7 Å². The zero-order valence-electron chi connectivity index (χ0n) is 16.5. The Balaban J connectivity index is 2.27. The summed E-state index contributed by atoms with van der Waals surface area (Å²) < 4.78 is 6.44. The van der Waals surface area contributed by atoms with Gasteiger partial charge in [-0.1, -0.05) is 53.9 Å². The minimum Gasteiger partial charge on any atom is -0.432 e. The fourth-order valence-corrected chi connectivity index (χ4v) is 3.68. The molecular weight excluding hydrogens is 310 g/mol. The normalized spacial score (nSPS) is 25.5. The summed E-state index contributed by atoms with van der Waals surface area (Å²) in [4.78, 5) is 4.92. The van der Waals surface area contributed by atoms with E-state index in [4.69, 9.17) is 14.8 Å². The smallest absolute Gasteiger partial charge is 0.427 e. The summed E-state index contributed by atoms with van der Waals surface area (Å²) in [5.74, 6) is 0.312. The van der Waals surface area contributed by atoms with Gasteiger partial charge in [-0.15, -0.1) is 0 Å². The van der Waals surface area contributed by atoms with Crippen LogP contribution in [0.4, 0.5) is 0 Å². The van der Waals surface area contributed by atoms with Crippen molar-refractivity contribution in [2.75, 3.05) is 6.61 Å². The van der Waals surface area contributed by atoms with E-state index >= 15 is 0 Å². The van der Waals surface area contributed by atoms with Gasteiger partial charge >= 0.3 is 6.02 Å². The maximum absolute atomic E-state index is 6.12. The van der Waals surface area contributed by atoms with Gasteiger partial charge in [0.05, 0.1) is 17.3 Å². The van der Waals surface area contributed by atoms with E-state index in [1.54, 1.807) is 0 Å². The van der Waals surface area contributed by atoms with E-state index in [0.29, 0.717) is 23.1 Å². The van der Waals surface area contributed by atoms with Crippen molar-refractivity contribution in [2.45, 2.75) is 59.5 Å². The number of quaternary nitrogens is 1. The number of allylic oxidation sites excluding steroid dienone is 2. The summed E-state index contributed by atoms with van der Waals surface area (Å²) >= 11 is 0. The Morgan fingerprint density at radius 3 is 2.24 bits per heavy atom. The van der Waals surface area contributed by atoms with Crippen LogP contribution in [0.15, 0.2) is 46.1 Å². The van der Waals surface area contributed by atoms with Crippen molar-refractivity contribution in [1.29, 1.82) is 0 Å². The molecule has 4 heteroatoms. The summed E-state index contributed by atoms with van der Waals surface area (Å²) in [7, 11) is 0. The molecule has 0 spiro atoms. The first-order valence-electron chi connectivity index (χ1n) is 9.07. The van der Waals surface area contributed by atoms with Crippen molar-refractivity contribution in [2.24, 2.45) is 16.0 Å². The Labute approximate surface area is 151 Å². The number of aliphatic imine (C=N–C) groups is 1. The molecule has 0 N–H and O–H groups in total. The van der Waals surface area contributed by atoms with Gasteiger partial charge in [0.1, 0.15) is 12.1 Å². The predicted octanol–water partition coefficient (Wildman–Crippen LogP) is 4.83. The minimum atomic E-state index is -0.209. The molecule has 0 aliphatic carbocycles. The highest BCUT2D eigenvalue weighted by Gasteiger charge is 2.58. The number of hydrogen-bond donors (Lipinski definition) is 0. The second kappa shape index (κ2) is 5.80. The largest absolute Gasteiger partial charge is 0.432 e. The number of benzene rings is 1. The van der Waals surface area contributed by atoms with Gasteiger partial charge in [0.2, 0.25) is 0 Å². The first-order valence-corrected chi connectivity index (χ1v) is 9.07. The topological polar surface area (TPSA) is 34.0 Å². The molecule has 0 amide bonds. The van der Waals surface area contributed by atoms with E-state index in [-0.39, 0.29) is 11.1 Å². The predicted molar refractivity (Wildman–Crippen MR) is 104 cm³/mol. The average molecular weight is 340 g/mol. The van der Waals surface area contributed by atoms with Crippen LogP contribution < -0.4 is 0 Å². The number of nitrogens with zero attached hydrogens (tertiary/aromatic N) is 3. The Hall–Kier alpha value is -1.94. The molecule has 2 aliphatic heterocycles. The Kier molecular flexibility index (Phi) is 4.15. The van der Waals surface area contributed by atoms with E-state index < -0.39 is 0 Å². The van der Waals surface area contributed by atoms with E-state index in [9.17, 15) is 0 Å². The summed E-state index contributed by atoms with van der Waals surface area (Å²) in [5.41, 5.74) is 3.21. The maximum atomic E-state index is 6.12. The Morgan fingerprint density at radius 1 is 1.12 bits per heavy atom. The highest BCUT2D eigenvalue weighted by Crippen LogP contribution is 2.45. The highest BCUT2D eigenvalue weighted by atomic mass is 16.5. The van der Waals surface area contributed by atoms with Gasteiger partial charge < -0.3 is 4.74 Å². The van der Waals surface area contributed by atoms with Crippen LogP contribution in [0.2, 0.25) is 0 Å². The van der Waals surface area contributed by atoms with Crippen LogP contribution in [-0.2, 0) is 4.74 Å². The fraction of sp³-hybridized carbons (Fsp3) is 0.524. The number of ether oxygens (including phenoxy) is 1. The van der Waals surface area contributed by atoms with Crippen molar-refractivity contribution < 1.29 is 9.33 Å². The van der Waals surface area contributed by atoms with E-state index in [0.717, 1.165) is 0 Å². The second-order valence-corrected chi connectivity index (χ2v) is 8.87. The molecule has 1 atom stereocenters. The molecule has 2 aliphatic rings. The average Bonchev–Trinajstić information content (AvgIpc) is 3.08. The molecule has 0 aromatic heterocycles. The van der Waals surface area contributed by atoms with E-state index in [1.165, 1.54) is 16.8 Å². The van der Waals surface area contributed by atoms with Gasteiger partial charge in [0, 0.05) is 5.92 Å². The van der Waals surface area contributed by atoms with Crippen LogP contribution in [0.1, 0.15) is 54.0 Å². The van der Waals surface area contributed by atoms with Crippen molar-refractivity contribution in [3.8, 4) is 0 Å². The van der Waals surface area contributed by atoms with Crippen LogP contribution >= 0.6 is 0 Å². The zero-order valence-corrected chi connectivity index (χ0v) is 16.5. The van der Waals surface area contributed by atoms with Gasteiger partial charge in [-0.2, -0.15) is 4.99 Å². The van der Waals surface area contributed by atoms with Crippen molar-refractivity contribution in [3.63, 3.8) is 0 Å². The molecule has 0 radical (unpaired) electrons. The lowest BCUT2D eigenvalue weighted by atomic mass is 9.94. The summed E-state index contributed by atoms with van der Waals surface area (Å²) in [5, 5.41) is 5.03. The fourth-order valence-electron chi connectivity index (χ4n) is 3.68. The second-order valence-electron chi connectivity index (χ2n) is 8.87. The van der Waals surface area contributed by atoms with Crippen molar-refractivity contribution >= 4 is 17.8 Å². The molecule has 1 aromatic rings. The third-order valence-electron chi connectivity index (χ3n) is 4.82. The molecule has 0 fully saturated rings. The third kappa shape index (κ3) is 2.82. The Morgan fingerprint density at radius 2 is 1.76 bits per heavy atom. The van der Waals surface area contributed by atoms with Crippen LogP contribution in [0.3, 0.4) is 0 Å². The molecule has 3 rings (SSSR count). The molecule has 0 bridgehead atoms. The molecular formula is C21H30N3O+. The monoisotopic (exact) mass is 340 g/mol. The third-order valence-corrected chi connectivity index (χ3v) is 4.82. The van der Waals surface area contributed by atoms with E-state index in [1.807, 2.05) is 12.3 Å². The highest BCUT2D eigenvalue weighted by molar-refractivity contribution is 6.12. The lowest BCUT2D eigenvalue weighted by Gasteiger charge is -2.40. The van der Waals surface area contributed by atoms with Gasteiger partial charge in [-0.3, -0.25) is 0 Å². The first-order chi connectivity index (χ1) is 11.6. The van der Waals surface area contributed by atoms with Gasteiger partial charge in [0.25, 0.3) is 0 Å². The minimum absolute atomic E-state index is 0.202. The van der Waals surface area contributed by atoms with Crippen LogP contribution in [0.25, 0.3) is 5.57 Å². The molecule has 2 heterocycles. The van der Waals surface area contributed by atoms with Crippen molar-refractivity contribution in [3.05, 3.63) is 41.6 Å². The number of hydrogen-bond acceptors (Lipinski definition) is 3. The van der Waals surface area contributed by atoms with Gasteiger partial charge in [-0.05, 0) is 40.2 Å². The summed E-state index contributed by atoms with van der Waals surface area (Å²) in [6.45, 7) is 15.9. The molecule has 1 aromatic carbocycles. The lowest BCUT2D eigenvalue weighted by Crippen LogP contribution is -2.59. The maximum Gasteiger partial charge on any atom is 0.427 e. The quantitative estimate of drug-likeness (QED) is 0.710. The SMILES string of the molecule is CC(C)C1=C(c2ccccc2)C=N[N+]1(C1=NC(C)(C)CO1)C(C)(C)C. The molecule has 134 valence electrons. The summed E-state index contributed by atoms with van der Waals surface area (Å²) in [6.07, 6.45) is 2.01. The zero-order chi connectivity index (χ0) is 18.5. The van der Waals surface area contributed by atoms with Crippen molar-refractivity contribution in [1.82, 2.24) is 0 Å². The van der Waals surface area contributed by atoms with Gasteiger partial charge in [0.15, 0.2) is 5.70 Å². The molecule has 1 unspecified atom stereocenters. The number of amidine groups is 1. The summed E-state index contributed by atoms with van der Waals surface area (Å²) in [6, 6.07) is 11.2. The van der Waals surface area contributed by atoms with Gasteiger partial charge in [-0.25, -0.2) is 0 Å².